The fourth-order valence-electron chi connectivity index (χ4n) is 2.99. The molecule has 0 radical (unpaired) electrons. The molecule has 1 aliphatic heterocycles. The quantitative estimate of drug-likeness (QED) is 0.904. The van der Waals surface area contributed by atoms with E-state index in [2.05, 4.69) is 15.3 Å². The zero-order valence-electron chi connectivity index (χ0n) is 13.6. The molecular formula is C17H24N4O2. The Labute approximate surface area is 136 Å². The van der Waals surface area contributed by atoms with E-state index in [0.29, 0.717) is 24.6 Å². The molecule has 23 heavy (non-hydrogen) atoms. The Bertz CT molecular complexity index is 568. The molecule has 1 aromatic rings. The number of carbonyl (C=O) groups excluding carboxylic acids is 2. The van der Waals surface area contributed by atoms with Crippen LogP contribution in [-0.4, -0.2) is 39.8 Å². The molecule has 0 unspecified atom stereocenters. The molecule has 124 valence electrons. The number of aromatic nitrogens is 2. The number of amides is 2. The number of rotatable bonds is 5. The number of nitrogens with zero attached hydrogens (tertiary/aromatic N) is 3. The third-order valence-electron chi connectivity index (χ3n) is 4.49. The molecule has 1 aliphatic carbocycles. The van der Waals surface area contributed by atoms with E-state index in [-0.39, 0.29) is 17.7 Å². The highest BCUT2D eigenvalue weighted by molar-refractivity contribution is 5.92. The van der Waals surface area contributed by atoms with Crippen LogP contribution in [0.3, 0.4) is 0 Å². The van der Waals surface area contributed by atoms with Crippen LogP contribution in [0.4, 0.5) is 5.69 Å². The Morgan fingerprint density at radius 1 is 1.26 bits per heavy atom. The van der Waals surface area contributed by atoms with Gasteiger partial charge in [-0.15, -0.1) is 0 Å². The fourth-order valence-corrected chi connectivity index (χ4v) is 2.99. The van der Waals surface area contributed by atoms with Crippen molar-refractivity contribution >= 4 is 17.5 Å². The van der Waals surface area contributed by atoms with Crippen LogP contribution in [0.1, 0.15) is 57.2 Å². The molecule has 2 heterocycles. The molecule has 0 aromatic carbocycles. The summed E-state index contributed by atoms with van der Waals surface area (Å²) in [5.74, 6) is 1.35. The van der Waals surface area contributed by atoms with Gasteiger partial charge in [0.15, 0.2) is 0 Å². The lowest BCUT2D eigenvalue weighted by atomic mass is 9.96. The second-order valence-corrected chi connectivity index (χ2v) is 6.52. The number of likely N-dealkylation sites (tertiary alicyclic amines) is 1. The molecule has 2 amide bonds. The van der Waals surface area contributed by atoms with Crippen molar-refractivity contribution in [2.45, 2.75) is 51.4 Å². The van der Waals surface area contributed by atoms with Crippen LogP contribution in [0.25, 0.3) is 0 Å². The molecule has 1 N–H and O–H groups in total. The van der Waals surface area contributed by atoms with E-state index in [1.165, 1.54) is 0 Å². The van der Waals surface area contributed by atoms with Crippen LogP contribution in [0.2, 0.25) is 0 Å². The maximum absolute atomic E-state index is 12.4. The van der Waals surface area contributed by atoms with Crippen LogP contribution < -0.4 is 5.32 Å². The molecule has 6 heteroatoms. The maximum atomic E-state index is 12.4. The Hall–Kier alpha value is -1.98. The first-order chi connectivity index (χ1) is 11.2. The van der Waals surface area contributed by atoms with Crippen LogP contribution >= 0.6 is 0 Å². The minimum absolute atomic E-state index is 0.0400. The second-order valence-electron chi connectivity index (χ2n) is 6.52. The number of anilines is 1. The first-order valence-electron chi connectivity index (χ1n) is 8.58. The summed E-state index contributed by atoms with van der Waals surface area (Å²) in [6.45, 7) is 3.28. The van der Waals surface area contributed by atoms with E-state index < -0.39 is 0 Å². The van der Waals surface area contributed by atoms with E-state index in [0.717, 1.165) is 44.5 Å². The van der Waals surface area contributed by atoms with E-state index in [9.17, 15) is 9.59 Å². The fraction of sp³-hybridized carbons (Fsp3) is 0.647. The third kappa shape index (κ3) is 4.06. The van der Waals surface area contributed by atoms with Crippen molar-refractivity contribution in [3.63, 3.8) is 0 Å². The Morgan fingerprint density at radius 3 is 2.65 bits per heavy atom. The smallest absolute Gasteiger partial charge is 0.229 e. The van der Waals surface area contributed by atoms with Crippen molar-refractivity contribution in [1.29, 1.82) is 0 Å². The Balaban J connectivity index is 1.55. The van der Waals surface area contributed by atoms with Gasteiger partial charge in [0.05, 0.1) is 24.0 Å². The average Bonchev–Trinajstić information content (AvgIpc) is 3.41. The number of hydrogen-bond donors (Lipinski definition) is 1. The van der Waals surface area contributed by atoms with Crippen LogP contribution in [0.5, 0.6) is 0 Å². The third-order valence-corrected chi connectivity index (χ3v) is 4.49. The summed E-state index contributed by atoms with van der Waals surface area (Å²) in [6, 6.07) is 0. The first kappa shape index (κ1) is 15.9. The molecular weight excluding hydrogens is 292 g/mol. The van der Waals surface area contributed by atoms with Gasteiger partial charge in [0.25, 0.3) is 0 Å². The van der Waals surface area contributed by atoms with Crippen molar-refractivity contribution in [2.24, 2.45) is 5.92 Å². The summed E-state index contributed by atoms with van der Waals surface area (Å²) in [6.07, 6.45) is 8.79. The predicted molar refractivity (Wildman–Crippen MR) is 86.8 cm³/mol. The molecule has 2 aliphatic rings. The van der Waals surface area contributed by atoms with Crippen LogP contribution in [0.15, 0.2) is 12.4 Å². The molecule has 6 nitrogen and oxygen atoms in total. The lowest BCUT2D eigenvalue weighted by Gasteiger charge is -2.32. The van der Waals surface area contributed by atoms with E-state index in [1.807, 2.05) is 11.8 Å². The van der Waals surface area contributed by atoms with E-state index in [1.54, 1.807) is 12.4 Å². The summed E-state index contributed by atoms with van der Waals surface area (Å²) in [7, 11) is 0. The van der Waals surface area contributed by atoms with Gasteiger partial charge >= 0.3 is 0 Å². The van der Waals surface area contributed by atoms with Gasteiger partial charge in [0.1, 0.15) is 5.82 Å². The van der Waals surface area contributed by atoms with Crippen molar-refractivity contribution in [2.75, 3.05) is 18.4 Å². The zero-order valence-corrected chi connectivity index (χ0v) is 13.6. The first-order valence-corrected chi connectivity index (χ1v) is 8.58. The van der Waals surface area contributed by atoms with Crippen molar-refractivity contribution in [3.05, 3.63) is 18.2 Å². The molecule has 1 saturated carbocycles. The highest BCUT2D eigenvalue weighted by Crippen LogP contribution is 2.37. The summed E-state index contributed by atoms with van der Waals surface area (Å²) >= 11 is 0. The number of carbonyl (C=O) groups is 2. The van der Waals surface area contributed by atoms with Gasteiger partial charge in [-0.1, -0.05) is 6.92 Å². The van der Waals surface area contributed by atoms with Crippen molar-refractivity contribution < 1.29 is 9.59 Å². The summed E-state index contributed by atoms with van der Waals surface area (Å²) in [4.78, 5) is 34.9. The average molecular weight is 316 g/mol. The lowest BCUT2D eigenvalue weighted by molar-refractivity contribution is -0.134. The topological polar surface area (TPSA) is 75.2 Å². The van der Waals surface area contributed by atoms with Gasteiger partial charge in [0, 0.05) is 25.4 Å². The SMILES string of the molecule is CCCC(=O)N1CCC[C@H](C(=O)Nc2cnc(C3CC3)nc2)C1. The van der Waals surface area contributed by atoms with Gasteiger partial charge in [-0.25, -0.2) is 9.97 Å². The van der Waals surface area contributed by atoms with Gasteiger partial charge in [-0.3, -0.25) is 9.59 Å². The number of nitrogens with one attached hydrogen (secondary N) is 1. The molecule has 0 bridgehead atoms. The second kappa shape index (κ2) is 7.06. The minimum atomic E-state index is -0.146. The summed E-state index contributed by atoms with van der Waals surface area (Å²) < 4.78 is 0. The highest BCUT2D eigenvalue weighted by atomic mass is 16.2. The summed E-state index contributed by atoms with van der Waals surface area (Å²) in [5, 5.41) is 2.89. The molecule has 2 fully saturated rings. The molecule has 1 aromatic heterocycles. The van der Waals surface area contributed by atoms with E-state index >= 15 is 0 Å². The lowest BCUT2D eigenvalue weighted by Crippen LogP contribution is -2.43. The highest BCUT2D eigenvalue weighted by Gasteiger charge is 2.29. The Morgan fingerprint density at radius 2 is 2.00 bits per heavy atom. The van der Waals surface area contributed by atoms with Crippen LogP contribution in [-0.2, 0) is 9.59 Å². The largest absolute Gasteiger partial charge is 0.342 e. The minimum Gasteiger partial charge on any atom is -0.342 e. The van der Waals surface area contributed by atoms with Gasteiger partial charge in [0.2, 0.25) is 11.8 Å². The van der Waals surface area contributed by atoms with Crippen LogP contribution in [0, 0.1) is 5.92 Å². The van der Waals surface area contributed by atoms with Gasteiger partial charge in [-0.05, 0) is 32.1 Å². The van der Waals surface area contributed by atoms with E-state index in [4.69, 9.17) is 0 Å². The van der Waals surface area contributed by atoms with Crippen molar-refractivity contribution in [3.8, 4) is 0 Å². The van der Waals surface area contributed by atoms with Gasteiger partial charge in [-0.2, -0.15) is 0 Å². The predicted octanol–water partition coefficient (Wildman–Crippen LogP) is 2.33. The van der Waals surface area contributed by atoms with Crippen molar-refractivity contribution in [1.82, 2.24) is 14.9 Å². The molecule has 1 saturated heterocycles. The monoisotopic (exact) mass is 316 g/mol. The zero-order chi connectivity index (χ0) is 16.2. The number of hydrogen-bond acceptors (Lipinski definition) is 4. The normalized spacial score (nSPS) is 21.1. The molecule has 0 spiro atoms. The number of piperidine rings is 1. The summed E-state index contributed by atoms with van der Waals surface area (Å²) in [5.41, 5.74) is 0.636. The van der Waals surface area contributed by atoms with Gasteiger partial charge < -0.3 is 10.2 Å². The maximum Gasteiger partial charge on any atom is 0.229 e. The molecule has 3 rings (SSSR count). The molecule has 1 atom stereocenters. The standard InChI is InChI=1S/C17H24N4O2/c1-2-4-15(22)21-8-3-5-13(11-21)17(23)20-14-9-18-16(19-10-14)12-6-7-12/h9-10,12-13H,2-8,11H2,1H3,(H,20,23)/t13-/m0/s1. The Kier molecular flexibility index (Phi) is 4.88.